The molecular weight excluding hydrogens is 452 g/mol. The van der Waals surface area contributed by atoms with Gasteiger partial charge in [-0.15, -0.1) is 0 Å². The summed E-state index contributed by atoms with van der Waals surface area (Å²) in [7, 11) is 0. The normalized spacial score (nSPS) is 25.7. The van der Waals surface area contributed by atoms with Crippen LogP contribution in [-0.2, 0) is 22.4 Å². The second kappa shape index (κ2) is 8.08. The minimum atomic E-state index is -0.663. The van der Waals surface area contributed by atoms with Gasteiger partial charge >= 0.3 is 0 Å². The second-order valence-electron chi connectivity index (χ2n) is 9.58. The van der Waals surface area contributed by atoms with Crippen LogP contribution < -0.4 is 5.73 Å². The lowest BCUT2D eigenvalue weighted by Gasteiger charge is -2.24. The Kier molecular flexibility index (Phi) is 5.13. The quantitative estimate of drug-likeness (QED) is 0.428. The van der Waals surface area contributed by atoms with Gasteiger partial charge < -0.3 is 19.8 Å². The molecule has 2 fully saturated rings. The first-order chi connectivity index (χ1) is 16.4. The number of halogens is 1. The van der Waals surface area contributed by atoms with E-state index in [0.717, 1.165) is 30.3 Å². The Morgan fingerprint density at radius 2 is 1.91 bits per heavy atom. The SMILES string of the molecule is CC1(C)O[C@@H]2[C@@H](c3cnn(CCc4ccccc4)c3)CC(n3ccc4c(N)nc(Cl)nc43)[C@@H]2O1. The van der Waals surface area contributed by atoms with Gasteiger partial charge in [0.05, 0.1) is 23.7 Å². The van der Waals surface area contributed by atoms with Crippen molar-refractivity contribution < 1.29 is 9.47 Å². The summed E-state index contributed by atoms with van der Waals surface area (Å²) in [6.07, 6.45) is 7.67. The van der Waals surface area contributed by atoms with Gasteiger partial charge in [-0.05, 0) is 55.5 Å². The van der Waals surface area contributed by atoms with Gasteiger partial charge in [0.1, 0.15) is 17.6 Å². The maximum Gasteiger partial charge on any atom is 0.226 e. The van der Waals surface area contributed by atoms with Gasteiger partial charge in [0.25, 0.3) is 0 Å². The zero-order valence-corrected chi connectivity index (χ0v) is 19.9. The molecule has 1 saturated carbocycles. The molecule has 4 heterocycles. The summed E-state index contributed by atoms with van der Waals surface area (Å²) in [5, 5.41) is 5.57. The smallest absolute Gasteiger partial charge is 0.226 e. The van der Waals surface area contributed by atoms with Crippen LogP contribution in [0, 0.1) is 0 Å². The van der Waals surface area contributed by atoms with Crippen LogP contribution in [0.15, 0.2) is 55.0 Å². The van der Waals surface area contributed by atoms with Crippen molar-refractivity contribution in [3.8, 4) is 0 Å². The van der Waals surface area contributed by atoms with Gasteiger partial charge in [0.2, 0.25) is 5.28 Å². The van der Waals surface area contributed by atoms with E-state index in [0.29, 0.717) is 11.5 Å². The molecule has 176 valence electrons. The zero-order chi connectivity index (χ0) is 23.4. The van der Waals surface area contributed by atoms with Gasteiger partial charge in [0, 0.05) is 24.9 Å². The predicted molar refractivity (Wildman–Crippen MR) is 130 cm³/mol. The van der Waals surface area contributed by atoms with Crippen LogP contribution in [0.1, 0.15) is 43.4 Å². The van der Waals surface area contributed by atoms with Crippen molar-refractivity contribution in [3.05, 3.63) is 71.4 Å². The number of ether oxygens (including phenoxy) is 2. The number of aryl methyl sites for hydroxylation is 2. The third-order valence-corrected chi connectivity index (χ3v) is 7.09. The summed E-state index contributed by atoms with van der Waals surface area (Å²) >= 11 is 6.13. The van der Waals surface area contributed by atoms with Crippen LogP contribution >= 0.6 is 11.6 Å². The van der Waals surface area contributed by atoms with E-state index < -0.39 is 5.79 Å². The fourth-order valence-corrected chi connectivity index (χ4v) is 5.60. The first kappa shape index (κ1) is 21.6. The average molecular weight is 479 g/mol. The largest absolute Gasteiger partial charge is 0.383 e. The van der Waals surface area contributed by atoms with Crippen LogP contribution in [0.25, 0.3) is 11.0 Å². The maximum absolute atomic E-state index is 6.41. The molecule has 8 nitrogen and oxygen atoms in total. The zero-order valence-electron chi connectivity index (χ0n) is 19.1. The maximum atomic E-state index is 6.41. The molecule has 1 unspecified atom stereocenters. The van der Waals surface area contributed by atoms with Gasteiger partial charge in [-0.25, -0.2) is 4.98 Å². The minimum absolute atomic E-state index is 0.0207. The molecule has 2 aliphatic rings. The summed E-state index contributed by atoms with van der Waals surface area (Å²) in [4.78, 5) is 8.56. The van der Waals surface area contributed by atoms with E-state index in [-0.39, 0.29) is 29.5 Å². The highest BCUT2D eigenvalue weighted by molar-refractivity contribution is 6.28. The van der Waals surface area contributed by atoms with Crippen molar-refractivity contribution >= 4 is 28.5 Å². The van der Waals surface area contributed by atoms with Crippen LogP contribution in [0.2, 0.25) is 5.28 Å². The Labute approximate surface area is 202 Å². The molecule has 0 radical (unpaired) electrons. The molecule has 0 spiro atoms. The Balaban J connectivity index is 1.30. The third-order valence-electron chi connectivity index (χ3n) is 6.92. The molecule has 1 saturated heterocycles. The lowest BCUT2D eigenvalue weighted by molar-refractivity contribution is -0.157. The fourth-order valence-electron chi connectivity index (χ4n) is 5.43. The molecule has 2 N–H and O–H groups in total. The molecule has 1 aromatic carbocycles. The summed E-state index contributed by atoms with van der Waals surface area (Å²) in [6, 6.07) is 12.4. The van der Waals surface area contributed by atoms with Gasteiger partial charge in [-0.3, -0.25) is 4.68 Å². The number of nitrogens with two attached hydrogens (primary N) is 1. The number of benzene rings is 1. The van der Waals surface area contributed by atoms with E-state index in [4.69, 9.17) is 26.8 Å². The van der Waals surface area contributed by atoms with Crippen LogP contribution in [0.5, 0.6) is 0 Å². The molecule has 4 aromatic rings. The molecular formula is C25H27ClN6O2. The van der Waals surface area contributed by atoms with E-state index >= 15 is 0 Å². The Morgan fingerprint density at radius 3 is 2.74 bits per heavy atom. The Bertz CT molecular complexity index is 1330. The van der Waals surface area contributed by atoms with Crippen molar-refractivity contribution in [2.75, 3.05) is 5.73 Å². The fraction of sp³-hybridized carbons (Fsp3) is 0.400. The van der Waals surface area contributed by atoms with Crippen molar-refractivity contribution in [3.63, 3.8) is 0 Å². The number of rotatable bonds is 5. The molecule has 34 heavy (non-hydrogen) atoms. The number of aromatic nitrogens is 5. The number of hydrogen-bond acceptors (Lipinski definition) is 6. The molecule has 1 aliphatic heterocycles. The van der Waals surface area contributed by atoms with Crippen molar-refractivity contribution in [1.82, 2.24) is 24.3 Å². The Morgan fingerprint density at radius 1 is 1.12 bits per heavy atom. The van der Waals surface area contributed by atoms with E-state index in [9.17, 15) is 0 Å². The first-order valence-corrected chi connectivity index (χ1v) is 12.0. The summed E-state index contributed by atoms with van der Waals surface area (Å²) < 4.78 is 16.9. The molecule has 0 bridgehead atoms. The van der Waals surface area contributed by atoms with Gasteiger partial charge in [0.15, 0.2) is 5.79 Å². The van der Waals surface area contributed by atoms with Crippen molar-refractivity contribution in [1.29, 1.82) is 0 Å². The van der Waals surface area contributed by atoms with Gasteiger partial charge in [-0.1, -0.05) is 30.3 Å². The summed E-state index contributed by atoms with van der Waals surface area (Å²) in [5.41, 5.74) is 9.27. The number of hydrogen-bond donors (Lipinski definition) is 1. The standard InChI is InChI=1S/C25H27ClN6O2/c1-25(2)33-20-18(16-13-28-31(14-16)10-8-15-6-4-3-5-7-15)12-19(21(20)34-25)32-11-9-17-22(27)29-24(26)30-23(17)32/h3-7,9,11,13-14,18-21H,8,10,12H2,1-2H3,(H2,27,29,30)/t18-,19?,20-,21+/m1/s1. The number of anilines is 1. The topological polar surface area (TPSA) is 93.0 Å². The average Bonchev–Trinajstić information content (AvgIpc) is 3.55. The minimum Gasteiger partial charge on any atom is -0.383 e. The second-order valence-corrected chi connectivity index (χ2v) is 9.92. The van der Waals surface area contributed by atoms with E-state index in [1.165, 1.54) is 5.56 Å². The third kappa shape index (κ3) is 3.76. The van der Waals surface area contributed by atoms with Crippen molar-refractivity contribution in [2.45, 2.75) is 63.2 Å². The van der Waals surface area contributed by atoms with E-state index in [2.05, 4.69) is 50.1 Å². The van der Waals surface area contributed by atoms with Crippen molar-refractivity contribution in [2.24, 2.45) is 0 Å². The molecule has 0 amide bonds. The molecule has 9 heteroatoms. The molecule has 3 aromatic heterocycles. The van der Waals surface area contributed by atoms with Gasteiger partial charge in [-0.2, -0.15) is 10.1 Å². The summed E-state index contributed by atoms with van der Waals surface area (Å²) in [5.74, 6) is -0.137. The Hall–Kier alpha value is -2.94. The van der Waals surface area contributed by atoms with Crippen LogP contribution in [-0.4, -0.2) is 42.3 Å². The highest BCUT2D eigenvalue weighted by atomic mass is 35.5. The lowest BCUT2D eigenvalue weighted by atomic mass is 9.98. The predicted octanol–water partition coefficient (Wildman–Crippen LogP) is 4.35. The number of nitrogen functional groups attached to an aromatic ring is 1. The first-order valence-electron chi connectivity index (χ1n) is 11.6. The monoisotopic (exact) mass is 478 g/mol. The lowest BCUT2D eigenvalue weighted by Crippen LogP contribution is -2.27. The molecule has 6 rings (SSSR count). The highest BCUT2D eigenvalue weighted by Gasteiger charge is 2.55. The molecule has 4 atom stereocenters. The number of nitrogens with zero attached hydrogens (tertiary/aromatic N) is 5. The molecule has 1 aliphatic carbocycles. The van der Waals surface area contributed by atoms with Crippen LogP contribution in [0.3, 0.4) is 0 Å². The summed E-state index contributed by atoms with van der Waals surface area (Å²) in [6.45, 7) is 4.76. The number of fused-ring (bicyclic) bond motifs is 2. The van der Waals surface area contributed by atoms with E-state index in [1.807, 2.05) is 43.1 Å². The highest BCUT2D eigenvalue weighted by Crippen LogP contribution is 2.51. The van der Waals surface area contributed by atoms with Crippen LogP contribution in [0.4, 0.5) is 5.82 Å². The van der Waals surface area contributed by atoms with E-state index in [1.54, 1.807) is 0 Å².